The Bertz CT molecular complexity index is 1030. The van der Waals surface area contributed by atoms with E-state index in [2.05, 4.69) is 4.84 Å². The van der Waals surface area contributed by atoms with Crippen molar-refractivity contribution in [2.24, 2.45) is 0 Å². The van der Waals surface area contributed by atoms with Crippen LogP contribution in [0.5, 0.6) is 5.75 Å². The van der Waals surface area contributed by atoms with E-state index in [-0.39, 0.29) is 30.3 Å². The summed E-state index contributed by atoms with van der Waals surface area (Å²) in [6, 6.07) is 5.71. The Kier molecular flexibility index (Phi) is 9.77. The van der Waals surface area contributed by atoms with E-state index < -0.39 is 53.9 Å². The molecule has 1 heterocycles. The minimum atomic E-state index is -1.24. The molecule has 1 aliphatic rings. The minimum Gasteiger partial charge on any atom is -0.442 e. The second-order valence-corrected chi connectivity index (χ2v) is 9.86. The molecule has 14 nitrogen and oxygen atoms in total. The Morgan fingerprint density at radius 2 is 1.34 bits per heavy atom. The van der Waals surface area contributed by atoms with Crippen LogP contribution in [0.4, 0.5) is 14.4 Å². The number of carbonyl (C=O) groups excluding carboxylic acids is 6. The third kappa shape index (κ3) is 10.0. The van der Waals surface area contributed by atoms with Crippen LogP contribution in [0.2, 0.25) is 0 Å². The first kappa shape index (κ1) is 30.0. The molecule has 14 heteroatoms. The van der Waals surface area contributed by atoms with Crippen LogP contribution in [0, 0.1) is 0 Å². The average Bonchev–Trinajstić information content (AvgIpc) is 3.08. The summed E-state index contributed by atoms with van der Waals surface area (Å²) in [5.74, 6) is -2.14. The van der Waals surface area contributed by atoms with E-state index in [0.29, 0.717) is 10.6 Å². The number of amides is 4. The summed E-state index contributed by atoms with van der Waals surface area (Å²) < 4.78 is 20.2. The summed E-state index contributed by atoms with van der Waals surface area (Å²) in [6.07, 6.45) is -3.68. The van der Waals surface area contributed by atoms with Gasteiger partial charge in [0.25, 0.3) is 11.8 Å². The van der Waals surface area contributed by atoms with Crippen molar-refractivity contribution in [1.29, 1.82) is 0 Å². The highest BCUT2D eigenvalue weighted by Crippen LogP contribution is 2.17. The molecule has 1 saturated heterocycles. The molecule has 1 aromatic rings. The maximum Gasteiger partial charge on any atom is 0.534 e. The number of carbonyl (C=O) groups is 6. The Morgan fingerprint density at radius 1 is 0.842 bits per heavy atom. The van der Waals surface area contributed by atoms with E-state index in [4.69, 9.17) is 23.8 Å². The van der Waals surface area contributed by atoms with Gasteiger partial charge >= 0.3 is 24.3 Å². The number of hydroxylamine groups is 4. The zero-order valence-corrected chi connectivity index (χ0v) is 21.9. The zero-order chi connectivity index (χ0) is 28.7. The summed E-state index contributed by atoms with van der Waals surface area (Å²) >= 11 is 0. The lowest BCUT2D eigenvalue weighted by molar-refractivity contribution is -0.177. The van der Waals surface area contributed by atoms with Gasteiger partial charge in [-0.2, -0.15) is 0 Å². The van der Waals surface area contributed by atoms with E-state index in [9.17, 15) is 28.8 Å². The van der Waals surface area contributed by atoms with E-state index >= 15 is 0 Å². The van der Waals surface area contributed by atoms with Crippen molar-refractivity contribution < 1.29 is 57.4 Å². The standard InChI is InChI=1S/C24H30N2O12/c1-23(2,3)36-20(30)26(21(31)37-24(4,5)6)34-14-19(29)35-16-9-7-15(8-10-16)13-33-22(32)38-25-17(27)11-12-18(25)28/h7-10H,11-14H2,1-6H3. The van der Waals surface area contributed by atoms with Gasteiger partial charge in [-0.25, -0.2) is 24.0 Å². The number of imide groups is 2. The molecular weight excluding hydrogens is 508 g/mol. The van der Waals surface area contributed by atoms with Gasteiger partial charge in [-0.3, -0.25) is 14.4 Å². The van der Waals surface area contributed by atoms with Crippen LogP contribution in [-0.2, 0) is 44.9 Å². The van der Waals surface area contributed by atoms with Crippen molar-refractivity contribution in [3.8, 4) is 5.75 Å². The lowest BCUT2D eigenvalue weighted by Crippen LogP contribution is -2.44. The van der Waals surface area contributed by atoms with Crippen LogP contribution >= 0.6 is 0 Å². The molecule has 0 aromatic heterocycles. The molecule has 0 saturated carbocycles. The summed E-state index contributed by atoms with van der Waals surface area (Å²) in [4.78, 5) is 81.2. The fraction of sp³-hybridized carbons (Fsp3) is 0.500. The summed E-state index contributed by atoms with van der Waals surface area (Å²) in [5.41, 5.74) is -1.43. The molecule has 38 heavy (non-hydrogen) atoms. The first-order chi connectivity index (χ1) is 17.5. The normalized spacial score (nSPS) is 13.6. The van der Waals surface area contributed by atoms with Gasteiger partial charge in [-0.05, 0) is 59.2 Å². The molecular formula is C24H30N2O12. The van der Waals surface area contributed by atoms with Gasteiger partial charge in [0.2, 0.25) is 0 Å². The van der Waals surface area contributed by atoms with Crippen molar-refractivity contribution in [3.05, 3.63) is 29.8 Å². The van der Waals surface area contributed by atoms with E-state index in [0.717, 1.165) is 0 Å². The molecule has 4 amide bonds. The van der Waals surface area contributed by atoms with Crippen molar-refractivity contribution in [2.45, 2.75) is 72.2 Å². The third-order valence-corrected chi connectivity index (χ3v) is 4.11. The third-order valence-electron chi connectivity index (χ3n) is 4.11. The Hall–Kier alpha value is -4.20. The van der Waals surface area contributed by atoms with Gasteiger partial charge in [0, 0.05) is 12.8 Å². The van der Waals surface area contributed by atoms with Crippen LogP contribution in [0.3, 0.4) is 0 Å². The summed E-state index contributed by atoms with van der Waals surface area (Å²) in [5, 5.41) is 0.556. The van der Waals surface area contributed by atoms with Crippen molar-refractivity contribution >= 4 is 36.1 Å². The smallest absolute Gasteiger partial charge is 0.442 e. The summed E-state index contributed by atoms with van der Waals surface area (Å²) in [6.45, 7) is 8.41. The van der Waals surface area contributed by atoms with Gasteiger partial charge in [0.05, 0.1) is 0 Å². The van der Waals surface area contributed by atoms with E-state index in [1.54, 1.807) is 41.5 Å². The Balaban J connectivity index is 1.88. The molecule has 0 bridgehead atoms. The van der Waals surface area contributed by atoms with Crippen LogP contribution in [0.25, 0.3) is 0 Å². The SMILES string of the molecule is CC(C)(C)OC(=O)N(OCC(=O)Oc1ccc(COC(=O)ON2C(=O)CCC2=O)cc1)C(=O)OC(C)(C)C. The number of ether oxygens (including phenoxy) is 4. The number of hydrogen-bond acceptors (Lipinski definition) is 12. The zero-order valence-electron chi connectivity index (χ0n) is 21.9. The molecule has 1 aromatic carbocycles. The highest BCUT2D eigenvalue weighted by molar-refractivity contribution is 6.01. The maximum absolute atomic E-state index is 12.4. The molecule has 0 aliphatic carbocycles. The van der Waals surface area contributed by atoms with Crippen LogP contribution in [0.15, 0.2) is 24.3 Å². The van der Waals surface area contributed by atoms with E-state index in [1.807, 2.05) is 0 Å². The van der Waals surface area contributed by atoms with Crippen molar-refractivity contribution in [1.82, 2.24) is 10.1 Å². The second-order valence-electron chi connectivity index (χ2n) is 9.86. The first-order valence-corrected chi connectivity index (χ1v) is 11.4. The predicted octanol–water partition coefficient (Wildman–Crippen LogP) is 3.41. The molecule has 0 radical (unpaired) electrons. The van der Waals surface area contributed by atoms with Gasteiger partial charge in [0.15, 0.2) is 6.61 Å². The quantitative estimate of drug-likeness (QED) is 0.164. The molecule has 0 spiro atoms. The first-order valence-electron chi connectivity index (χ1n) is 11.4. The highest BCUT2D eigenvalue weighted by atomic mass is 16.8. The van der Waals surface area contributed by atoms with Crippen LogP contribution in [-0.4, -0.2) is 64.1 Å². The Morgan fingerprint density at radius 3 is 1.82 bits per heavy atom. The van der Waals surface area contributed by atoms with Gasteiger partial charge in [-0.1, -0.05) is 22.3 Å². The Labute approximate surface area is 218 Å². The number of hydrogen-bond donors (Lipinski definition) is 0. The second kappa shape index (κ2) is 12.4. The largest absolute Gasteiger partial charge is 0.534 e. The average molecular weight is 539 g/mol. The molecule has 2 rings (SSSR count). The summed E-state index contributed by atoms with van der Waals surface area (Å²) in [7, 11) is 0. The highest BCUT2D eigenvalue weighted by Gasteiger charge is 2.34. The predicted molar refractivity (Wildman–Crippen MR) is 125 cm³/mol. The number of rotatable bonds is 7. The van der Waals surface area contributed by atoms with Gasteiger partial charge in [0.1, 0.15) is 23.6 Å². The lowest BCUT2D eigenvalue weighted by atomic mass is 10.2. The number of esters is 1. The molecule has 1 fully saturated rings. The van der Waals surface area contributed by atoms with Gasteiger partial charge in [-0.15, -0.1) is 0 Å². The molecule has 0 unspecified atom stereocenters. The van der Waals surface area contributed by atoms with Crippen LogP contribution < -0.4 is 4.74 Å². The topological polar surface area (TPSA) is 164 Å². The number of benzene rings is 1. The molecule has 1 aliphatic heterocycles. The number of nitrogens with zero attached hydrogens (tertiary/aromatic N) is 2. The fourth-order valence-corrected chi connectivity index (χ4v) is 2.62. The van der Waals surface area contributed by atoms with Crippen LogP contribution in [0.1, 0.15) is 59.9 Å². The van der Waals surface area contributed by atoms with E-state index in [1.165, 1.54) is 24.3 Å². The molecule has 208 valence electrons. The van der Waals surface area contributed by atoms with Crippen molar-refractivity contribution in [2.75, 3.05) is 6.61 Å². The lowest BCUT2D eigenvalue weighted by Gasteiger charge is -2.27. The molecule has 0 N–H and O–H groups in total. The van der Waals surface area contributed by atoms with Gasteiger partial charge < -0.3 is 18.9 Å². The molecule has 0 atom stereocenters. The maximum atomic E-state index is 12.4. The fourth-order valence-electron chi connectivity index (χ4n) is 2.62. The monoisotopic (exact) mass is 538 g/mol. The van der Waals surface area contributed by atoms with Crippen molar-refractivity contribution in [3.63, 3.8) is 0 Å². The minimum absolute atomic E-state index is 0.0443.